The van der Waals surface area contributed by atoms with E-state index in [1.165, 1.54) is 26.2 Å². The van der Waals surface area contributed by atoms with Crippen LogP contribution in [0.5, 0.6) is 0 Å². The van der Waals surface area contributed by atoms with Crippen molar-refractivity contribution in [1.82, 2.24) is 4.90 Å². The second kappa shape index (κ2) is 11.4. The summed E-state index contributed by atoms with van der Waals surface area (Å²) in [6, 6.07) is 0.499. The molecule has 5 saturated carbocycles. The van der Waals surface area contributed by atoms with Crippen molar-refractivity contribution in [2.45, 2.75) is 148 Å². The first-order valence-electron chi connectivity index (χ1n) is 19.2. The van der Waals surface area contributed by atoms with Crippen LogP contribution in [0, 0.1) is 44.8 Å². The molecule has 5 aliphatic carbocycles. The van der Waals surface area contributed by atoms with E-state index in [-0.39, 0.29) is 45.4 Å². The van der Waals surface area contributed by atoms with Gasteiger partial charge in [-0.05, 0) is 97.9 Å². The lowest BCUT2D eigenvalue weighted by Crippen LogP contribution is -2.60. The van der Waals surface area contributed by atoms with Gasteiger partial charge in [-0.1, -0.05) is 34.3 Å². The van der Waals surface area contributed by atoms with Crippen LogP contribution >= 0.6 is 0 Å². The van der Waals surface area contributed by atoms with Gasteiger partial charge < -0.3 is 33.9 Å². The van der Waals surface area contributed by atoms with Crippen LogP contribution in [0.25, 0.3) is 0 Å². The van der Waals surface area contributed by atoms with Crippen molar-refractivity contribution < 1.29 is 38.7 Å². The molecule has 8 rings (SSSR count). The minimum absolute atomic E-state index is 0.0204. The van der Waals surface area contributed by atoms with Gasteiger partial charge in [-0.15, -0.1) is 5.73 Å². The summed E-state index contributed by atoms with van der Waals surface area (Å²) in [6.07, 6.45) is 5.75. The highest BCUT2D eigenvalue weighted by Gasteiger charge is 2.84. The molecule has 0 aromatic carbocycles. The molecule has 49 heavy (non-hydrogen) atoms. The van der Waals surface area contributed by atoms with E-state index >= 15 is 0 Å². The number of esters is 1. The molecule has 2 spiro atoms. The molecule has 8 fully saturated rings. The average molecular weight is 684 g/mol. The van der Waals surface area contributed by atoms with Crippen LogP contribution in [0.1, 0.15) is 99.8 Å². The lowest BCUT2D eigenvalue weighted by molar-refractivity contribution is -0.256. The summed E-state index contributed by atoms with van der Waals surface area (Å²) in [4.78, 5) is 14.6. The van der Waals surface area contributed by atoms with E-state index in [4.69, 9.17) is 23.7 Å². The zero-order valence-corrected chi connectivity index (χ0v) is 31.0. The molecule has 9 unspecified atom stereocenters. The molecule has 274 valence electrons. The SMILES string of the molecule is C=C=C1C[C@@H](C(OC(C)=O)C(C)(C)O)OC2[C@H]1C1(C)CCC34CC35CCC(OC3CN(C6COC6)CCO3)C(C)(C)C5CCC4[C@]1(C)[C@H]2O. The van der Waals surface area contributed by atoms with Gasteiger partial charge >= 0.3 is 5.97 Å². The Hall–Kier alpha value is -1.29. The molecule has 3 aliphatic heterocycles. The molecule has 0 amide bonds. The highest BCUT2D eigenvalue weighted by Crippen LogP contribution is 2.89. The number of hydrogen-bond acceptors (Lipinski definition) is 9. The summed E-state index contributed by atoms with van der Waals surface area (Å²) in [5.74, 6) is 0.478. The number of morpholine rings is 1. The van der Waals surface area contributed by atoms with Gasteiger partial charge in [-0.25, -0.2) is 0 Å². The maximum absolute atomic E-state index is 12.6. The Morgan fingerprint density at radius 2 is 1.80 bits per heavy atom. The van der Waals surface area contributed by atoms with Gasteiger partial charge in [0.1, 0.15) is 6.10 Å². The maximum atomic E-state index is 12.6. The minimum atomic E-state index is -1.31. The lowest BCUT2D eigenvalue weighted by atomic mass is 9.41. The predicted octanol–water partition coefficient (Wildman–Crippen LogP) is 5.02. The minimum Gasteiger partial charge on any atom is -0.457 e. The van der Waals surface area contributed by atoms with Gasteiger partial charge in [0.2, 0.25) is 0 Å². The van der Waals surface area contributed by atoms with Crippen molar-refractivity contribution in [3.63, 3.8) is 0 Å². The molecule has 3 saturated heterocycles. The summed E-state index contributed by atoms with van der Waals surface area (Å²) in [5.41, 5.74) is 2.98. The van der Waals surface area contributed by atoms with Crippen molar-refractivity contribution in [2.75, 3.05) is 32.9 Å². The van der Waals surface area contributed by atoms with E-state index in [0.29, 0.717) is 30.9 Å². The van der Waals surface area contributed by atoms with Crippen molar-refractivity contribution in [2.24, 2.45) is 44.8 Å². The number of nitrogens with zero attached hydrogens (tertiary/aromatic N) is 1. The largest absolute Gasteiger partial charge is 0.457 e. The van der Waals surface area contributed by atoms with Gasteiger partial charge in [0, 0.05) is 31.2 Å². The summed E-state index contributed by atoms with van der Waals surface area (Å²) in [6.45, 7) is 22.6. The van der Waals surface area contributed by atoms with E-state index in [1.807, 2.05) is 0 Å². The van der Waals surface area contributed by atoms with Gasteiger partial charge in [0.25, 0.3) is 0 Å². The standard InChI is InChI=1S/C40H61NO8/c1-9-24-18-26(34(36(5,6)44)47-23(2)42)48-32-31(24)37(7)14-15-40-22-39(40)13-12-29(49-30-19-41(16-17-46-30)25-20-45-21-25)35(3,4)27(39)10-11-28(40)38(37,8)33(32)43/h25-34,43-44H,1,10-22H2,2-8H3/t26-,27?,28?,29?,30?,31-,32?,33-,34?,37?,38+,39?,40?/m0/s1. The van der Waals surface area contributed by atoms with E-state index in [9.17, 15) is 15.0 Å². The second-order valence-corrected chi connectivity index (χ2v) is 19.0. The molecule has 3 heterocycles. The molecule has 9 heteroatoms. The summed E-state index contributed by atoms with van der Waals surface area (Å²) in [7, 11) is 0. The Kier molecular flexibility index (Phi) is 8.06. The number of ether oxygens (including phenoxy) is 5. The average Bonchev–Trinajstić information content (AvgIpc) is 3.64. The van der Waals surface area contributed by atoms with Crippen molar-refractivity contribution in [1.29, 1.82) is 0 Å². The van der Waals surface area contributed by atoms with Gasteiger partial charge in [0.05, 0.1) is 56.3 Å². The quantitative estimate of drug-likeness (QED) is 0.295. The van der Waals surface area contributed by atoms with Crippen LogP contribution < -0.4 is 0 Å². The normalized spacial score (nSPS) is 49.6. The zero-order chi connectivity index (χ0) is 34.9. The smallest absolute Gasteiger partial charge is 0.303 e. The molecule has 0 aromatic rings. The number of aliphatic hydroxyl groups is 2. The Morgan fingerprint density at radius 1 is 1.08 bits per heavy atom. The van der Waals surface area contributed by atoms with Crippen molar-refractivity contribution in [3.05, 3.63) is 17.9 Å². The molecule has 8 aliphatic rings. The molecule has 0 aromatic heterocycles. The van der Waals surface area contributed by atoms with Crippen molar-refractivity contribution >= 4 is 5.97 Å². The lowest BCUT2D eigenvalue weighted by Gasteiger charge is -2.63. The fraction of sp³-hybridized carbons (Fsp3) is 0.900. The third-order valence-corrected chi connectivity index (χ3v) is 16.3. The highest BCUT2D eigenvalue weighted by molar-refractivity contribution is 5.66. The van der Waals surface area contributed by atoms with Gasteiger partial charge in [-0.3, -0.25) is 9.69 Å². The van der Waals surface area contributed by atoms with Crippen LogP contribution in [-0.2, 0) is 28.5 Å². The monoisotopic (exact) mass is 683 g/mol. The van der Waals surface area contributed by atoms with Crippen LogP contribution in [0.3, 0.4) is 0 Å². The first-order chi connectivity index (χ1) is 23.0. The molecular weight excluding hydrogens is 622 g/mol. The maximum Gasteiger partial charge on any atom is 0.303 e. The molecule has 0 bridgehead atoms. The van der Waals surface area contributed by atoms with Gasteiger partial charge in [-0.2, -0.15) is 0 Å². The Labute approximate surface area is 293 Å². The third kappa shape index (κ3) is 4.72. The number of carbonyl (C=O) groups excluding carboxylic acids is 1. The first kappa shape index (κ1) is 34.8. The fourth-order valence-corrected chi connectivity index (χ4v) is 13.8. The number of carbonyl (C=O) groups is 1. The summed E-state index contributed by atoms with van der Waals surface area (Å²) in [5, 5.41) is 23.7. The highest BCUT2D eigenvalue weighted by atomic mass is 16.7. The van der Waals surface area contributed by atoms with E-state index in [2.05, 4.69) is 44.9 Å². The fourth-order valence-electron chi connectivity index (χ4n) is 13.8. The molecule has 13 atom stereocenters. The second-order valence-electron chi connectivity index (χ2n) is 19.0. The summed E-state index contributed by atoms with van der Waals surface area (Å²) >= 11 is 0. The Bertz CT molecular complexity index is 1400. The Balaban J connectivity index is 1.05. The topological polar surface area (TPSA) is 107 Å². The number of aliphatic hydroxyl groups excluding tert-OH is 1. The molecule has 2 N–H and O–H groups in total. The molecule has 0 radical (unpaired) electrons. The molecule has 9 nitrogen and oxygen atoms in total. The van der Waals surface area contributed by atoms with E-state index in [0.717, 1.165) is 57.6 Å². The predicted molar refractivity (Wildman–Crippen MR) is 182 cm³/mol. The van der Waals surface area contributed by atoms with Crippen LogP contribution in [0.2, 0.25) is 0 Å². The third-order valence-electron chi connectivity index (χ3n) is 16.3. The van der Waals surface area contributed by atoms with E-state index < -0.39 is 36.0 Å². The van der Waals surface area contributed by atoms with Crippen LogP contribution in [0.15, 0.2) is 17.9 Å². The first-order valence-corrected chi connectivity index (χ1v) is 19.2. The number of rotatable bonds is 6. The van der Waals surface area contributed by atoms with E-state index in [1.54, 1.807) is 13.8 Å². The van der Waals surface area contributed by atoms with Crippen molar-refractivity contribution in [3.8, 4) is 0 Å². The molecular formula is C40H61NO8. The van der Waals surface area contributed by atoms with Crippen LogP contribution in [-0.4, -0.2) is 102 Å². The number of hydrogen-bond donors (Lipinski definition) is 2. The van der Waals surface area contributed by atoms with Gasteiger partial charge in [0.15, 0.2) is 12.4 Å². The summed E-state index contributed by atoms with van der Waals surface area (Å²) < 4.78 is 31.1. The Morgan fingerprint density at radius 3 is 2.45 bits per heavy atom. The number of fused-ring (bicyclic) bond motifs is 4. The van der Waals surface area contributed by atoms with Crippen LogP contribution in [0.4, 0.5) is 0 Å². The zero-order valence-electron chi connectivity index (χ0n) is 31.0.